The molecule has 0 spiro atoms. The first kappa shape index (κ1) is 14.0. The first-order valence-electron chi connectivity index (χ1n) is 5.96. The second kappa shape index (κ2) is 6.68. The standard InChI is InChI=1S/C14H13N3O2S/c1-19-12-4-2-10(3-5-12)8-11(9-15)13(18)17-14-16-6-7-20-14/h2-7,11H,8H2,1H3,(H,16,17,18). The molecule has 0 aliphatic heterocycles. The Labute approximate surface area is 120 Å². The first-order valence-corrected chi connectivity index (χ1v) is 6.84. The van der Waals surface area contributed by atoms with Crippen molar-refractivity contribution < 1.29 is 9.53 Å². The number of ether oxygens (including phenoxy) is 1. The minimum Gasteiger partial charge on any atom is -0.497 e. The third-order valence-electron chi connectivity index (χ3n) is 2.73. The van der Waals surface area contributed by atoms with E-state index in [9.17, 15) is 4.79 Å². The van der Waals surface area contributed by atoms with Crippen molar-refractivity contribution in [2.45, 2.75) is 6.42 Å². The number of nitrogens with one attached hydrogen (secondary N) is 1. The van der Waals surface area contributed by atoms with Gasteiger partial charge in [0.1, 0.15) is 11.7 Å². The Morgan fingerprint density at radius 1 is 1.50 bits per heavy atom. The number of hydrogen-bond donors (Lipinski definition) is 1. The van der Waals surface area contributed by atoms with Gasteiger partial charge in [-0.3, -0.25) is 4.79 Å². The zero-order valence-corrected chi connectivity index (χ0v) is 11.7. The molecule has 6 heteroatoms. The van der Waals surface area contributed by atoms with Gasteiger partial charge in [-0.1, -0.05) is 12.1 Å². The van der Waals surface area contributed by atoms with Crippen LogP contribution in [0.3, 0.4) is 0 Å². The van der Waals surface area contributed by atoms with Crippen LogP contribution < -0.4 is 10.1 Å². The van der Waals surface area contributed by atoms with Crippen LogP contribution in [-0.4, -0.2) is 18.0 Å². The van der Waals surface area contributed by atoms with Crippen LogP contribution in [0.15, 0.2) is 35.8 Å². The average Bonchev–Trinajstić information content (AvgIpc) is 2.98. The zero-order valence-electron chi connectivity index (χ0n) is 10.9. The van der Waals surface area contributed by atoms with Crippen molar-refractivity contribution in [1.82, 2.24) is 4.98 Å². The van der Waals surface area contributed by atoms with Gasteiger partial charge in [-0.2, -0.15) is 5.26 Å². The number of hydrogen-bond acceptors (Lipinski definition) is 5. The lowest BCUT2D eigenvalue weighted by molar-refractivity contribution is -0.118. The number of nitrogens with zero attached hydrogens (tertiary/aromatic N) is 2. The highest BCUT2D eigenvalue weighted by Crippen LogP contribution is 2.17. The van der Waals surface area contributed by atoms with Crippen molar-refractivity contribution >= 4 is 22.4 Å². The molecular formula is C14H13N3O2S. The van der Waals surface area contributed by atoms with Gasteiger partial charge >= 0.3 is 0 Å². The number of carbonyl (C=O) groups is 1. The highest BCUT2D eigenvalue weighted by molar-refractivity contribution is 7.13. The molecule has 20 heavy (non-hydrogen) atoms. The number of nitriles is 1. The Morgan fingerprint density at radius 2 is 2.25 bits per heavy atom. The van der Waals surface area contributed by atoms with Crippen molar-refractivity contribution in [3.8, 4) is 11.8 Å². The van der Waals surface area contributed by atoms with E-state index in [-0.39, 0.29) is 5.91 Å². The molecule has 0 fully saturated rings. The summed E-state index contributed by atoms with van der Waals surface area (Å²) < 4.78 is 5.07. The maximum atomic E-state index is 12.0. The summed E-state index contributed by atoms with van der Waals surface area (Å²) in [6.07, 6.45) is 1.96. The quantitative estimate of drug-likeness (QED) is 0.916. The van der Waals surface area contributed by atoms with Gasteiger partial charge in [-0.15, -0.1) is 11.3 Å². The van der Waals surface area contributed by atoms with Crippen molar-refractivity contribution in [1.29, 1.82) is 5.26 Å². The second-order valence-electron chi connectivity index (χ2n) is 4.06. The van der Waals surface area contributed by atoms with Gasteiger partial charge in [-0.05, 0) is 24.1 Å². The number of anilines is 1. The molecule has 1 aromatic heterocycles. The van der Waals surface area contributed by atoms with E-state index in [0.29, 0.717) is 11.6 Å². The van der Waals surface area contributed by atoms with E-state index in [1.807, 2.05) is 30.3 Å². The molecule has 0 aliphatic carbocycles. The number of amides is 1. The molecule has 2 rings (SSSR count). The Balaban J connectivity index is 2.01. The SMILES string of the molecule is COc1ccc(CC(C#N)C(=O)Nc2nccs2)cc1. The monoisotopic (exact) mass is 287 g/mol. The van der Waals surface area contributed by atoms with E-state index < -0.39 is 5.92 Å². The van der Waals surface area contributed by atoms with E-state index in [2.05, 4.69) is 10.3 Å². The van der Waals surface area contributed by atoms with Gasteiger partial charge < -0.3 is 10.1 Å². The molecule has 1 heterocycles. The number of benzene rings is 1. The summed E-state index contributed by atoms with van der Waals surface area (Å²) in [7, 11) is 1.59. The van der Waals surface area contributed by atoms with E-state index in [1.54, 1.807) is 18.7 Å². The fraction of sp³-hybridized carbons (Fsp3) is 0.214. The van der Waals surface area contributed by atoms with Gasteiger partial charge in [0.05, 0.1) is 13.2 Å². The average molecular weight is 287 g/mol. The molecule has 1 N–H and O–H groups in total. The maximum absolute atomic E-state index is 12.0. The molecule has 1 amide bonds. The summed E-state index contributed by atoms with van der Waals surface area (Å²) in [6, 6.07) is 9.34. The van der Waals surface area contributed by atoms with E-state index in [4.69, 9.17) is 10.00 Å². The van der Waals surface area contributed by atoms with Crippen molar-refractivity contribution in [2.24, 2.45) is 5.92 Å². The fourth-order valence-corrected chi connectivity index (χ4v) is 2.20. The summed E-state index contributed by atoms with van der Waals surface area (Å²) in [5.74, 6) is -0.333. The third-order valence-corrected chi connectivity index (χ3v) is 3.42. The topological polar surface area (TPSA) is 75.0 Å². The Hall–Kier alpha value is -2.39. The Bertz CT molecular complexity index is 602. The van der Waals surface area contributed by atoms with Crippen molar-refractivity contribution in [2.75, 3.05) is 12.4 Å². The predicted molar refractivity (Wildman–Crippen MR) is 76.5 cm³/mol. The summed E-state index contributed by atoms with van der Waals surface area (Å²) >= 11 is 1.32. The van der Waals surface area contributed by atoms with Crippen molar-refractivity contribution in [3.05, 3.63) is 41.4 Å². The van der Waals surface area contributed by atoms with Gasteiger partial charge in [0.15, 0.2) is 5.13 Å². The first-order chi connectivity index (χ1) is 9.72. The number of rotatable bonds is 5. The van der Waals surface area contributed by atoms with Gasteiger partial charge in [0.2, 0.25) is 5.91 Å². The number of methoxy groups -OCH3 is 1. The highest BCUT2D eigenvalue weighted by Gasteiger charge is 2.19. The normalized spacial score (nSPS) is 11.4. The van der Waals surface area contributed by atoms with Crippen LogP contribution in [0.25, 0.3) is 0 Å². The van der Waals surface area contributed by atoms with Crippen LogP contribution in [0, 0.1) is 17.2 Å². The molecule has 0 bridgehead atoms. The fourth-order valence-electron chi connectivity index (χ4n) is 1.67. The molecule has 1 atom stereocenters. The molecular weight excluding hydrogens is 274 g/mol. The second-order valence-corrected chi connectivity index (χ2v) is 4.95. The summed E-state index contributed by atoms with van der Waals surface area (Å²) in [4.78, 5) is 15.9. The van der Waals surface area contributed by atoms with E-state index in [0.717, 1.165) is 11.3 Å². The molecule has 2 aromatic rings. The van der Waals surface area contributed by atoms with Crippen LogP contribution in [0.5, 0.6) is 5.75 Å². The number of aromatic nitrogens is 1. The van der Waals surface area contributed by atoms with Crippen LogP contribution in [-0.2, 0) is 11.2 Å². The molecule has 1 aromatic carbocycles. The smallest absolute Gasteiger partial charge is 0.243 e. The highest BCUT2D eigenvalue weighted by atomic mass is 32.1. The van der Waals surface area contributed by atoms with Gasteiger partial charge in [0, 0.05) is 11.6 Å². The summed E-state index contributed by atoms with van der Waals surface area (Å²) in [5.41, 5.74) is 0.909. The molecule has 0 saturated carbocycles. The minimum atomic E-state index is -0.743. The number of thiazole rings is 1. The lowest BCUT2D eigenvalue weighted by Gasteiger charge is -2.09. The van der Waals surface area contributed by atoms with Gasteiger partial charge in [0.25, 0.3) is 0 Å². The van der Waals surface area contributed by atoms with Crippen LogP contribution in [0.1, 0.15) is 5.56 Å². The molecule has 102 valence electrons. The largest absolute Gasteiger partial charge is 0.497 e. The van der Waals surface area contributed by atoms with Crippen LogP contribution >= 0.6 is 11.3 Å². The van der Waals surface area contributed by atoms with Gasteiger partial charge in [-0.25, -0.2) is 4.98 Å². The molecule has 0 radical (unpaired) electrons. The summed E-state index contributed by atoms with van der Waals surface area (Å²) in [6.45, 7) is 0. The van der Waals surface area contributed by atoms with Crippen LogP contribution in [0.4, 0.5) is 5.13 Å². The Kier molecular flexibility index (Phi) is 4.69. The maximum Gasteiger partial charge on any atom is 0.243 e. The molecule has 1 unspecified atom stereocenters. The molecule has 0 aliphatic rings. The predicted octanol–water partition coefficient (Wildman–Crippen LogP) is 2.47. The minimum absolute atomic E-state index is 0.335. The van der Waals surface area contributed by atoms with Crippen molar-refractivity contribution in [3.63, 3.8) is 0 Å². The summed E-state index contributed by atoms with van der Waals surface area (Å²) in [5, 5.41) is 14.0. The van der Waals surface area contributed by atoms with E-state index in [1.165, 1.54) is 11.3 Å². The van der Waals surface area contributed by atoms with Crippen LogP contribution in [0.2, 0.25) is 0 Å². The third kappa shape index (κ3) is 3.56. The number of carbonyl (C=O) groups excluding carboxylic acids is 1. The Morgan fingerprint density at radius 3 is 2.80 bits per heavy atom. The molecule has 5 nitrogen and oxygen atoms in total. The zero-order chi connectivity index (χ0) is 14.4. The van der Waals surface area contributed by atoms with E-state index >= 15 is 0 Å². The lowest BCUT2D eigenvalue weighted by Crippen LogP contribution is -2.23. The lowest BCUT2D eigenvalue weighted by atomic mass is 10.00. The molecule has 0 saturated heterocycles.